The summed E-state index contributed by atoms with van der Waals surface area (Å²) in [5.74, 6) is 0.638. The zero-order valence-electron chi connectivity index (χ0n) is 11.7. The number of hydrazone groups is 1. The highest BCUT2D eigenvalue weighted by Crippen LogP contribution is 2.24. The molecule has 9 heteroatoms. The van der Waals surface area contributed by atoms with E-state index in [1.165, 1.54) is 6.21 Å². The number of benzene rings is 1. The minimum Gasteiger partial charge on any atom is -0.455 e. The Kier molecular flexibility index (Phi) is 3.77. The third kappa shape index (κ3) is 3.20. The van der Waals surface area contributed by atoms with Gasteiger partial charge in [-0.05, 0) is 17.7 Å². The van der Waals surface area contributed by atoms with Gasteiger partial charge in [-0.3, -0.25) is 10.1 Å². The van der Waals surface area contributed by atoms with Crippen LogP contribution < -0.4 is 5.32 Å². The molecule has 0 bridgehead atoms. The van der Waals surface area contributed by atoms with Crippen molar-refractivity contribution in [3.63, 3.8) is 0 Å². The fraction of sp³-hybridized carbons (Fsp3) is 0.0714. The molecular formula is C14H10N6O3. The molecule has 0 aliphatic carbocycles. The Morgan fingerprint density at radius 3 is 2.65 bits per heavy atom. The van der Waals surface area contributed by atoms with Gasteiger partial charge in [0, 0.05) is 16.2 Å². The number of carbonyl (C=O) groups excluding carboxylic acids is 2. The van der Waals surface area contributed by atoms with Crippen LogP contribution >= 0.6 is 0 Å². The lowest BCUT2D eigenvalue weighted by Gasteiger charge is -2.02. The van der Waals surface area contributed by atoms with Crippen LogP contribution in [-0.2, 0) is 4.79 Å². The van der Waals surface area contributed by atoms with Crippen LogP contribution in [0.25, 0.3) is 21.8 Å². The predicted molar refractivity (Wildman–Crippen MR) is 80.8 cm³/mol. The maximum atomic E-state index is 11.3. The summed E-state index contributed by atoms with van der Waals surface area (Å²) in [5, 5.41) is 10.5. The van der Waals surface area contributed by atoms with Crippen molar-refractivity contribution < 1.29 is 14.0 Å². The van der Waals surface area contributed by atoms with Crippen molar-refractivity contribution in [3.05, 3.63) is 52.6 Å². The van der Waals surface area contributed by atoms with Crippen LogP contribution in [0.2, 0.25) is 0 Å². The molecule has 3 rings (SSSR count). The third-order valence-corrected chi connectivity index (χ3v) is 3.04. The van der Waals surface area contributed by atoms with Crippen LogP contribution in [0.1, 0.15) is 5.76 Å². The van der Waals surface area contributed by atoms with E-state index in [4.69, 9.17) is 9.95 Å². The molecule has 1 fully saturated rings. The highest BCUT2D eigenvalue weighted by atomic mass is 16.3. The Morgan fingerprint density at radius 1 is 1.22 bits per heavy atom. The molecule has 0 saturated carbocycles. The highest BCUT2D eigenvalue weighted by Gasteiger charge is 2.25. The minimum absolute atomic E-state index is 0.107. The van der Waals surface area contributed by atoms with E-state index in [9.17, 15) is 9.59 Å². The Bertz CT molecular complexity index is 832. The van der Waals surface area contributed by atoms with Gasteiger partial charge in [-0.2, -0.15) is 5.10 Å². The van der Waals surface area contributed by atoms with E-state index in [-0.39, 0.29) is 6.54 Å². The molecule has 9 nitrogen and oxygen atoms in total. The summed E-state index contributed by atoms with van der Waals surface area (Å²) in [6, 6.07) is 9.74. The van der Waals surface area contributed by atoms with E-state index in [0.717, 1.165) is 10.6 Å². The van der Waals surface area contributed by atoms with Gasteiger partial charge >= 0.3 is 6.03 Å². The van der Waals surface area contributed by atoms with Crippen molar-refractivity contribution in [2.24, 2.45) is 10.2 Å². The third-order valence-electron chi connectivity index (χ3n) is 3.04. The molecule has 1 N–H and O–H groups in total. The van der Waals surface area contributed by atoms with Crippen LogP contribution in [0, 0.1) is 0 Å². The number of hydrogen-bond acceptors (Lipinski definition) is 5. The van der Waals surface area contributed by atoms with Gasteiger partial charge in [0.1, 0.15) is 18.1 Å². The van der Waals surface area contributed by atoms with Crippen LogP contribution in [0.15, 0.2) is 51.0 Å². The predicted octanol–water partition coefficient (Wildman–Crippen LogP) is 2.77. The highest BCUT2D eigenvalue weighted by molar-refractivity contribution is 6.02. The van der Waals surface area contributed by atoms with Crippen molar-refractivity contribution in [1.29, 1.82) is 0 Å². The van der Waals surface area contributed by atoms with Crippen LogP contribution in [0.5, 0.6) is 0 Å². The topological polar surface area (TPSA) is 124 Å². The molecule has 0 unspecified atom stereocenters. The Labute approximate surface area is 129 Å². The summed E-state index contributed by atoms with van der Waals surface area (Å²) in [4.78, 5) is 25.1. The Balaban J connectivity index is 1.74. The van der Waals surface area contributed by atoms with Crippen LogP contribution in [0.3, 0.4) is 0 Å². The summed E-state index contributed by atoms with van der Waals surface area (Å²) in [6.07, 6.45) is 1.36. The van der Waals surface area contributed by atoms with Crippen LogP contribution in [-0.4, -0.2) is 29.7 Å². The second-order valence-electron chi connectivity index (χ2n) is 4.59. The van der Waals surface area contributed by atoms with E-state index in [2.05, 4.69) is 20.4 Å². The van der Waals surface area contributed by atoms with Crippen molar-refractivity contribution in [2.75, 3.05) is 6.54 Å². The van der Waals surface area contributed by atoms with Gasteiger partial charge in [-0.1, -0.05) is 29.4 Å². The molecule has 0 radical (unpaired) electrons. The van der Waals surface area contributed by atoms with Gasteiger partial charge in [-0.25, -0.2) is 9.80 Å². The number of furan rings is 1. The largest absolute Gasteiger partial charge is 0.455 e. The number of nitrogens with zero attached hydrogens (tertiary/aromatic N) is 5. The first-order valence-electron chi connectivity index (χ1n) is 6.56. The fourth-order valence-corrected chi connectivity index (χ4v) is 1.97. The van der Waals surface area contributed by atoms with Crippen molar-refractivity contribution in [1.82, 2.24) is 10.3 Å². The van der Waals surface area contributed by atoms with E-state index < -0.39 is 11.9 Å². The average molecular weight is 310 g/mol. The van der Waals surface area contributed by atoms with Gasteiger partial charge in [0.2, 0.25) is 5.91 Å². The molecule has 2 aromatic rings. The molecule has 1 aromatic carbocycles. The summed E-state index contributed by atoms with van der Waals surface area (Å²) < 4.78 is 5.60. The normalized spacial score (nSPS) is 14.2. The SMILES string of the molecule is [N-]=[N+]=Nc1ccc(-c2ccc(/C=N/N3CC(=O)NC3=O)o2)cc1. The lowest BCUT2D eigenvalue weighted by atomic mass is 10.1. The molecule has 23 heavy (non-hydrogen) atoms. The van der Waals surface area contributed by atoms with Gasteiger partial charge in [0.25, 0.3) is 0 Å². The minimum atomic E-state index is -0.563. The lowest BCUT2D eigenvalue weighted by molar-refractivity contribution is -0.118. The van der Waals surface area contributed by atoms with Gasteiger partial charge in [0.05, 0.1) is 6.21 Å². The number of rotatable bonds is 4. The lowest BCUT2D eigenvalue weighted by Crippen LogP contribution is -2.24. The summed E-state index contributed by atoms with van der Waals surface area (Å²) in [6.45, 7) is -0.107. The number of imide groups is 1. The number of azide groups is 1. The van der Waals surface area contributed by atoms with Gasteiger partial charge in [-0.15, -0.1) is 0 Å². The van der Waals surface area contributed by atoms with E-state index in [1.807, 2.05) is 0 Å². The fourth-order valence-electron chi connectivity index (χ4n) is 1.97. The summed E-state index contributed by atoms with van der Waals surface area (Å²) in [7, 11) is 0. The monoisotopic (exact) mass is 310 g/mol. The molecule has 114 valence electrons. The van der Waals surface area contributed by atoms with Crippen molar-refractivity contribution >= 4 is 23.8 Å². The van der Waals surface area contributed by atoms with Gasteiger partial charge in [0.15, 0.2) is 0 Å². The molecule has 1 saturated heterocycles. The van der Waals surface area contributed by atoms with E-state index >= 15 is 0 Å². The number of amides is 3. The maximum Gasteiger partial charge on any atom is 0.344 e. The molecule has 1 aliphatic rings. The molecule has 2 heterocycles. The Morgan fingerprint density at radius 2 is 2.00 bits per heavy atom. The summed E-state index contributed by atoms with van der Waals surface area (Å²) in [5.41, 5.74) is 9.68. The number of carbonyl (C=O) groups is 2. The van der Waals surface area contributed by atoms with Crippen molar-refractivity contribution in [2.45, 2.75) is 0 Å². The average Bonchev–Trinajstić information content (AvgIpc) is 3.13. The smallest absolute Gasteiger partial charge is 0.344 e. The quantitative estimate of drug-likeness (QED) is 0.307. The second kappa shape index (κ2) is 6.04. The van der Waals surface area contributed by atoms with Crippen LogP contribution in [0.4, 0.5) is 10.5 Å². The molecule has 1 aliphatic heterocycles. The first-order chi connectivity index (χ1) is 11.2. The molecule has 1 aromatic heterocycles. The zero-order chi connectivity index (χ0) is 16.2. The second-order valence-corrected chi connectivity index (χ2v) is 4.59. The van der Waals surface area contributed by atoms with Gasteiger partial charge < -0.3 is 4.42 Å². The number of urea groups is 1. The molecule has 3 amide bonds. The van der Waals surface area contributed by atoms with E-state index in [1.54, 1.807) is 36.4 Å². The zero-order valence-corrected chi connectivity index (χ0v) is 11.7. The molecule has 0 atom stereocenters. The molecule has 0 spiro atoms. The number of nitrogens with one attached hydrogen (secondary N) is 1. The van der Waals surface area contributed by atoms with Crippen molar-refractivity contribution in [3.8, 4) is 11.3 Å². The maximum absolute atomic E-state index is 11.3. The first kappa shape index (κ1) is 14.4. The Hall–Kier alpha value is -3.58. The first-order valence-corrected chi connectivity index (χ1v) is 6.56. The van der Waals surface area contributed by atoms with E-state index in [0.29, 0.717) is 17.2 Å². The number of hydrogen-bond donors (Lipinski definition) is 1. The summed E-state index contributed by atoms with van der Waals surface area (Å²) >= 11 is 0. The molecular weight excluding hydrogens is 300 g/mol. The standard InChI is InChI=1S/C14H10N6O3/c15-19-18-10-3-1-9(2-4-10)12-6-5-11(23-12)7-16-20-8-13(21)17-14(20)22/h1-7H,8H2,(H,17,21,22)/b16-7+.